The average Bonchev–Trinajstić information content (AvgIpc) is 3.61. The first-order valence-electron chi connectivity index (χ1n) is 12.5. The standard InChI is InChI=1S/C26H30F2N8O2/c1-34(2)19-5-3-17(4-6-19)21(37)9-16-10-26(27,28)15-35(13-16)22-12-30-23(24(29)38)25(33-22)32-18-11-31-36(14-18)20-7-8-20/h3-6,11-12,14,16,20H,7-10,13,15H2,1-2H3,(H2,29,38)(H,32,33)/t16-/m1/s1. The summed E-state index contributed by atoms with van der Waals surface area (Å²) >= 11 is 0. The zero-order chi connectivity index (χ0) is 27.0. The monoisotopic (exact) mass is 524 g/mol. The number of anilines is 4. The first-order valence-corrected chi connectivity index (χ1v) is 12.5. The lowest BCUT2D eigenvalue weighted by Gasteiger charge is -2.38. The number of carbonyl (C=O) groups is 2. The number of hydrogen-bond donors (Lipinski definition) is 2. The second-order valence-corrected chi connectivity index (χ2v) is 10.2. The Labute approximate surface area is 218 Å². The first-order chi connectivity index (χ1) is 18.1. The predicted molar refractivity (Wildman–Crippen MR) is 139 cm³/mol. The van der Waals surface area contributed by atoms with Crippen LogP contribution in [0.2, 0.25) is 0 Å². The summed E-state index contributed by atoms with van der Waals surface area (Å²) in [6.07, 6.45) is 6.33. The molecule has 0 unspecified atom stereocenters. The maximum absolute atomic E-state index is 14.8. The number of rotatable bonds is 9. The van der Waals surface area contributed by atoms with Crippen molar-refractivity contribution in [2.75, 3.05) is 42.3 Å². The predicted octanol–water partition coefficient (Wildman–Crippen LogP) is 3.65. The van der Waals surface area contributed by atoms with Crippen LogP contribution in [0.15, 0.2) is 42.9 Å². The van der Waals surface area contributed by atoms with Gasteiger partial charge in [-0.1, -0.05) is 0 Å². The van der Waals surface area contributed by atoms with E-state index >= 15 is 0 Å². The number of aromatic nitrogens is 4. The van der Waals surface area contributed by atoms with Gasteiger partial charge in [-0.15, -0.1) is 0 Å². The molecule has 5 rings (SSSR count). The van der Waals surface area contributed by atoms with Gasteiger partial charge in [-0.2, -0.15) is 5.10 Å². The molecule has 1 aliphatic heterocycles. The molecular formula is C26H30F2N8O2. The molecule has 1 atom stereocenters. The molecule has 2 fully saturated rings. The highest BCUT2D eigenvalue weighted by molar-refractivity contribution is 5.97. The maximum atomic E-state index is 14.8. The van der Waals surface area contributed by atoms with Gasteiger partial charge in [0.05, 0.1) is 30.7 Å². The summed E-state index contributed by atoms with van der Waals surface area (Å²) in [4.78, 5) is 36.8. The first kappa shape index (κ1) is 25.6. The van der Waals surface area contributed by atoms with E-state index in [2.05, 4.69) is 20.4 Å². The van der Waals surface area contributed by atoms with Crippen molar-refractivity contribution in [1.29, 1.82) is 0 Å². The summed E-state index contributed by atoms with van der Waals surface area (Å²) in [6.45, 7) is -0.375. The fraction of sp³-hybridized carbons (Fsp3) is 0.423. The highest BCUT2D eigenvalue weighted by Gasteiger charge is 2.41. The van der Waals surface area contributed by atoms with Gasteiger partial charge in [0.2, 0.25) is 0 Å². The number of halogens is 2. The molecule has 2 aliphatic rings. The zero-order valence-corrected chi connectivity index (χ0v) is 21.3. The normalized spacial score (nSPS) is 18.7. The minimum atomic E-state index is -3.03. The number of carbonyl (C=O) groups excluding carboxylic acids is 2. The van der Waals surface area contributed by atoms with Crippen molar-refractivity contribution in [3.8, 4) is 0 Å². The van der Waals surface area contributed by atoms with Crippen molar-refractivity contribution in [2.45, 2.75) is 37.6 Å². The minimum Gasteiger partial charge on any atom is -0.378 e. The quantitative estimate of drug-likeness (QED) is 0.407. The van der Waals surface area contributed by atoms with Gasteiger partial charge in [0, 0.05) is 50.9 Å². The summed E-state index contributed by atoms with van der Waals surface area (Å²) in [5, 5.41) is 7.31. The van der Waals surface area contributed by atoms with E-state index in [0.29, 0.717) is 17.3 Å². The largest absolute Gasteiger partial charge is 0.378 e. The second kappa shape index (κ2) is 9.99. The molecule has 1 saturated carbocycles. The molecule has 38 heavy (non-hydrogen) atoms. The third-order valence-electron chi connectivity index (χ3n) is 6.77. The summed E-state index contributed by atoms with van der Waals surface area (Å²) in [6, 6.07) is 7.45. The fourth-order valence-corrected chi connectivity index (χ4v) is 4.72. The van der Waals surface area contributed by atoms with Crippen molar-refractivity contribution in [2.24, 2.45) is 11.7 Å². The van der Waals surface area contributed by atoms with Gasteiger partial charge in [-0.3, -0.25) is 14.3 Å². The van der Waals surface area contributed by atoms with Crippen molar-refractivity contribution in [3.63, 3.8) is 0 Å². The van der Waals surface area contributed by atoms with E-state index in [1.54, 1.807) is 24.5 Å². The Morgan fingerprint density at radius 1 is 1.18 bits per heavy atom. The Morgan fingerprint density at radius 3 is 2.58 bits per heavy atom. The number of amides is 1. The highest BCUT2D eigenvalue weighted by Crippen LogP contribution is 2.36. The number of piperidine rings is 1. The molecule has 3 aromatic rings. The third-order valence-corrected chi connectivity index (χ3v) is 6.77. The minimum absolute atomic E-state index is 0.0222. The van der Waals surface area contributed by atoms with Gasteiger partial charge in [0.1, 0.15) is 5.82 Å². The van der Waals surface area contributed by atoms with Crippen LogP contribution < -0.4 is 20.9 Å². The molecule has 10 nitrogen and oxygen atoms in total. The van der Waals surface area contributed by atoms with E-state index in [4.69, 9.17) is 5.73 Å². The van der Waals surface area contributed by atoms with Crippen LogP contribution in [0.3, 0.4) is 0 Å². The summed E-state index contributed by atoms with van der Waals surface area (Å²) in [5.41, 5.74) is 7.39. The van der Waals surface area contributed by atoms with E-state index in [-0.39, 0.29) is 36.1 Å². The smallest absolute Gasteiger partial charge is 0.271 e. The highest BCUT2D eigenvalue weighted by atomic mass is 19.3. The number of nitrogens with one attached hydrogen (secondary N) is 1. The van der Waals surface area contributed by atoms with E-state index < -0.39 is 30.7 Å². The van der Waals surface area contributed by atoms with Crippen LogP contribution in [0.25, 0.3) is 0 Å². The molecule has 1 aromatic carbocycles. The molecule has 0 bridgehead atoms. The molecule has 2 aromatic heterocycles. The SMILES string of the molecule is CN(C)c1ccc(C(=O)C[C@H]2CN(c3cnc(C(N)=O)c(Nc4cnn(C5CC5)c4)n3)CC(F)(F)C2)cc1. The molecule has 12 heteroatoms. The van der Waals surface area contributed by atoms with Crippen molar-refractivity contribution >= 4 is 34.7 Å². The number of nitrogens with two attached hydrogens (primary N) is 1. The van der Waals surface area contributed by atoms with E-state index in [1.807, 2.05) is 35.8 Å². The zero-order valence-electron chi connectivity index (χ0n) is 21.3. The van der Waals surface area contributed by atoms with Crippen LogP contribution in [0, 0.1) is 5.92 Å². The van der Waals surface area contributed by atoms with Crippen molar-refractivity contribution in [3.05, 3.63) is 54.1 Å². The molecule has 3 N–H and O–H groups in total. The lowest BCUT2D eigenvalue weighted by molar-refractivity contribution is -0.0293. The van der Waals surface area contributed by atoms with E-state index in [1.165, 1.54) is 11.1 Å². The Bertz CT molecular complexity index is 1340. The lowest BCUT2D eigenvalue weighted by atomic mass is 9.89. The fourth-order valence-electron chi connectivity index (χ4n) is 4.72. The Kier molecular flexibility index (Phi) is 6.72. The van der Waals surface area contributed by atoms with Crippen LogP contribution in [0.5, 0.6) is 0 Å². The number of primary amides is 1. The number of benzene rings is 1. The van der Waals surface area contributed by atoms with E-state index in [0.717, 1.165) is 18.5 Å². The van der Waals surface area contributed by atoms with Crippen LogP contribution in [-0.4, -0.2) is 64.5 Å². The second-order valence-electron chi connectivity index (χ2n) is 10.2. The maximum Gasteiger partial charge on any atom is 0.271 e. The van der Waals surface area contributed by atoms with Gasteiger partial charge in [0.25, 0.3) is 11.8 Å². The molecule has 0 radical (unpaired) electrons. The summed E-state index contributed by atoms with van der Waals surface area (Å²) in [5.74, 6) is -4.38. The Balaban J connectivity index is 1.34. The molecule has 1 saturated heterocycles. The Morgan fingerprint density at radius 2 is 1.92 bits per heavy atom. The Hall–Kier alpha value is -4.09. The number of nitrogens with zero attached hydrogens (tertiary/aromatic N) is 6. The molecule has 200 valence electrons. The number of Topliss-reactive ketones (excluding diaryl/α,β-unsaturated/α-hetero) is 1. The van der Waals surface area contributed by atoms with Crippen LogP contribution in [-0.2, 0) is 0 Å². The van der Waals surface area contributed by atoms with Crippen LogP contribution in [0.1, 0.15) is 52.6 Å². The van der Waals surface area contributed by atoms with E-state index in [9.17, 15) is 18.4 Å². The molecule has 1 aliphatic carbocycles. The number of ketones is 1. The third kappa shape index (κ3) is 5.74. The van der Waals surface area contributed by atoms with Gasteiger partial charge in [0.15, 0.2) is 17.3 Å². The molecule has 3 heterocycles. The molecular weight excluding hydrogens is 494 g/mol. The van der Waals surface area contributed by atoms with Gasteiger partial charge >= 0.3 is 0 Å². The molecule has 0 spiro atoms. The summed E-state index contributed by atoms with van der Waals surface area (Å²) < 4.78 is 31.5. The van der Waals surface area contributed by atoms with Crippen molar-refractivity contribution < 1.29 is 18.4 Å². The summed E-state index contributed by atoms with van der Waals surface area (Å²) in [7, 11) is 3.80. The van der Waals surface area contributed by atoms with Crippen LogP contribution in [0.4, 0.5) is 31.8 Å². The number of hydrogen-bond acceptors (Lipinski definition) is 8. The van der Waals surface area contributed by atoms with Gasteiger partial charge in [-0.25, -0.2) is 18.7 Å². The lowest BCUT2D eigenvalue weighted by Crippen LogP contribution is -2.48. The number of alkyl halides is 2. The van der Waals surface area contributed by atoms with Crippen LogP contribution >= 0.6 is 0 Å². The average molecular weight is 525 g/mol. The van der Waals surface area contributed by atoms with Gasteiger partial charge < -0.3 is 20.9 Å². The van der Waals surface area contributed by atoms with Gasteiger partial charge in [-0.05, 0) is 43.0 Å². The topological polar surface area (TPSA) is 122 Å². The van der Waals surface area contributed by atoms with Crippen molar-refractivity contribution in [1.82, 2.24) is 19.7 Å². The molecule has 1 amide bonds.